The Morgan fingerprint density at radius 3 is 2.57 bits per heavy atom. The average Bonchev–Trinajstić information content (AvgIpc) is 2.99. The summed E-state index contributed by atoms with van der Waals surface area (Å²) < 4.78 is 26.9. The van der Waals surface area contributed by atoms with Crippen LogP contribution in [0.1, 0.15) is 28.1 Å². The van der Waals surface area contributed by atoms with E-state index in [-0.39, 0.29) is 12.4 Å². The zero-order chi connectivity index (χ0) is 14.9. The lowest BCUT2D eigenvalue weighted by atomic mass is 10.2. The summed E-state index contributed by atoms with van der Waals surface area (Å²) in [6, 6.07) is 6.88. The molecule has 1 aliphatic rings. The van der Waals surface area contributed by atoms with Crippen molar-refractivity contribution in [2.75, 3.05) is 4.72 Å². The van der Waals surface area contributed by atoms with Gasteiger partial charge in [0.1, 0.15) is 0 Å². The number of aromatic nitrogens is 1. The SMILES string of the molecule is O=S(=O)(Cc1ccc(CO)cc1)Nc1nc2c(s1)CCC2. The Morgan fingerprint density at radius 2 is 1.90 bits per heavy atom. The molecular formula is C14H16N2O3S2. The molecule has 7 heteroatoms. The van der Waals surface area contributed by atoms with Crippen molar-refractivity contribution in [1.29, 1.82) is 0 Å². The smallest absolute Gasteiger partial charge is 0.238 e. The second-order valence-corrected chi connectivity index (χ2v) is 7.88. The summed E-state index contributed by atoms with van der Waals surface area (Å²) in [7, 11) is -3.46. The Balaban J connectivity index is 1.70. The fraction of sp³-hybridized carbons (Fsp3) is 0.357. The predicted octanol–water partition coefficient (Wildman–Crippen LogP) is 2.07. The van der Waals surface area contributed by atoms with Gasteiger partial charge in [0.2, 0.25) is 10.0 Å². The highest BCUT2D eigenvalue weighted by Gasteiger charge is 2.20. The molecule has 3 rings (SSSR count). The molecule has 0 saturated carbocycles. The van der Waals surface area contributed by atoms with E-state index in [1.807, 2.05) is 0 Å². The lowest BCUT2D eigenvalue weighted by molar-refractivity contribution is 0.282. The van der Waals surface area contributed by atoms with Gasteiger partial charge in [-0.2, -0.15) is 0 Å². The Hall–Kier alpha value is -1.44. The number of hydrogen-bond acceptors (Lipinski definition) is 5. The van der Waals surface area contributed by atoms with Gasteiger partial charge in [-0.25, -0.2) is 13.4 Å². The summed E-state index contributed by atoms with van der Waals surface area (Å²) in [5.74, 6) is -0.0943. The van der Waals surface area contributed by atoms with Crippen molar-refractivity contribution >= 4 is 26.5 Å². The third kappa shape index (κ3) is 3.42. The number of anilines is 1. The fourth-order valence-corrected chi connectivity index (χ4v) is 4.83. The first kappa shape index (κ1) is 14.5. The molecule has 0 spiro atoms. The van der Waals surface area contributed by atoms with Gasteiger partial charge < -0.3 is 5.11 Å². The van der Waals surface area contributed by atoms with E-state index in [0.717, 1.165) is 30.5 Å². The molecule has 5 nitrogen and oxygen atoms in total. The van der Waals surface area contributed by atoms with Crippen LogP contribution in [-0.4, -0.2) is 18.5 Å². The second-order valence-electron chi connectivity index (χ2n) is 5.08. The summed E-state index contributed by atoms with van der Waals surface area (Å²) in [6.45, 7) is -0.0457. The van der Waals surface area contributed by atoms with Gasteiger partial charge in [-0.05, 0) is 30.4 Å². The molecule has 1 heterocycles. The molecule has 1 aromatic heterocycles. The molecule has 0 saturated heterocycles. The van der Waals surface area contributed by atoms with Crippen LogP contribution in [-0.2, 0) is 35.2 Å². The van der Waals surface area contributed by atoms with Gasteiger partial charge in [-0.15, -0.1) is 11.3 Å². The normalized spacial score (nSPS) is 14.1. The zero-order valence-corrected chi connectivity index (χ0v) is 13.0. The van der Waals surface area contributed by atoms with E-state index < -0.39 is 10.0 Å². The monoisotopic (exact) mass is 324 g/mol. The van der Waals surface area contributed by atoms with Gasteiger partial charge in [0.05, 0.1) is 18.1 Å². The zero-order valence-electron chi connectivity index (χ0n) is 11.4. The number of rotatable bonds is 5. The first-order chi connectivity index (χ1) is 10.1. The Morgan fingerprint density at radius 1 is 1.19 bits per heavy atom. The molecule has 0 bridgehead atoms. The van der Waals surface area contributed by atoms with Crippen molar-refractivity contribution in [2.45, 2.75) is 31.6 Å². The molecule has 0 radical (unpaired) electrons. The molecule has 21 heavy (non-hydrogen) atoms. The topological polar surface area (TPSA) is 79.3 Å². The van der Waals surface area contributed by atoms with E-state index >= 15 is 0 Å². The van der Waals surface area contributed by atoms with Gasteiger partial charge in [-0.3, -0.25) is 4.72 Å². The highest BCUT2D eigenvalue weighted by molar-refractivity contribution is 7.92. The molecule has 112 valence electrons. The molecule has 0 fully saturated rings. The van der Waals surface area contributed by atoms with E-state index in [4.69, 9.17) is 5.11 Å². The molecule has 2 N–H and O–H groups in total. The van der Waals surface area contributed by atoms with Crippen molar-refractivity contribution in [1.82, 2.24) is 4.98 Å². The maximum Gasteiger partial charge on any atom is 0.238 e. The molecule has 2 aromatic rings. The predicted molar refractivity (Wildman–Crippen MR) is 82.8 cm³/mol. The number of sulfonamides is 1. The quantitative estimate of drug-likeness (QED) is 0.882. The van der Waals surface area contributed by atoms with E-state index in [1.54, 1.807) is 24.3 Å². The van der Waals surface area contributed by atoms with E-state index in [9.17, 15) is 8.42 Å². The third-order valence-electron chi connectivity index (χ3n) is 3.40. The minimum absolute atomic E-state index is 0.0457. The number of thiazole rings is 1. The number of nitrogens with zero attached hydrogens (tertiary/aromatic N) is 1. The summed E-state index contributed by atoms with van der Waals surface area (Å²) in [6.07, 6.45) is 3.05. The van der Waals surface area contributed by atoms with Crippen LogP contribution in [0.5, 0.6) is 0 Å². The maximum absolute atomic E-state index is 12.2. The highest BCUT2D eigenvalue weighted by Crippen LogP contribution is 2.31. The van der Waals surface area contributed by atoms with E-state index in [2.05, 4.69) is 9.71 Å². The molecule has 0 unspecified atom stereocenters. The number of benzene rings is 1. The van der Waals surface area contributed by atoms with Crippen LogP contribution in [0.4, 0.5) is 5.13 Å². The lowest BCUT2D eigenvalue weighted by Gasteiger charge is -2.06. The third-order valence-corrected chi connectivity index (χ3v) is 5.82. The van der Waals surface area contributed by atoms with E-state index in [1.165, 1.54) is 16.2 Å². The number of aliphatic hydroxyl groups is 1. The first-order valence-corrected chi connectivity index (χ1v) is 9.20. The van der Waals surface area contributed by atoms with Crippen molar-refractivity contribution in [3.63, 3.8) is 0 Å². The Labute approximate surface area is 127 Å². The van der Waals surface area contributed by atoms with Crippen molar-refractivity contribution in [3.05, 3.63) is 46.0 Å². The van der Waals surface area contributed by atoms with Crippen molar-refractivity contribution < 1.29 is 13.5 Å². The standard InChI is InChI=1S/C14H16N2O3S2/c17-8-10-4-6-11(7-5-10)9-21(18,19)16-14-15-12-2-1-3-13(12)20-14/h4-7,17H,1-3,8-9H2,(H,15,16). The van der Waals surface area contributed by atoms with Crippen molar-refractivity contribution in [2.24, 2.45) is 0 Å². The maximum atomic E-state index is 12.2. The number of hydrogen-bond donors (Lipinski definition) is 2. The lowest BCUT2D eigenvalue weighted by Crippen LogP contribution is -2.15. The van der Waals surface area contributed by atoms with Crippen LogP contribution in [0.25, 0.3) is 0 Å². The molecule has 1 aromatic carbocycles. The number of fused-ring (bicyclic) bond motifs is 1. The summed E-state index contributed by atoms with van der Waals surface area (Å²) in [5, 5.41) is 9.44. The van der Waals surface area contributed by atoms with E-state index in [0.29, 0.717) is 10.7 Å². The number of aliphatic hydroxyl groups excluding tert-OH is 1. The minimum Gasteiger partial charge on any atom is -0.392 e. The van der Waals surface area contributed by atoms with Crippen LogP contribution >= 0.6 is 11.3 Å². The summed E-state index contributed by atoms with van der Waals surface area (Å²) >= 11 is 1.43. The van der Waals surface area contributed by atoms with Crippen LogP contribution < -0.4 is 4.72 Å². The van der Waals surface area contributed by atoms with Gasteiger partial charge in [0.15, 0.2) is 5.13 Å². The molecule has 0 aliphatic heterocycles. The fourth-order valence-electron chi connectivity index (χ4n) is 2.36. The average molecular weight is 324 g/mol. The van der Waals surface area contributed by atoms with Crippen molar-refractivity contribution in [3.8, 4) is 0 Å². The first-order valence-electron chi connectivity index (χ1n) is 6.73. The minimum atomic E-state index is -3.46. The number of nitrogens with one attached hydrogen (secondary N) is 1. The molecule has 1 aliphatic carbocycles. The van der Waals surface area contributed by atoms with Crippen LogP contribution in [0, 0.1) is 0 Å². The van der Waals surface area contributed by atoms with Crippen LogP contribution in [0.2, 0.25) is 0 Å². The molecule has 0 amide bonds. The molecular weight excluding hydrogens is 308 g/mol. The number of aryl methyl sites for hydroxylation is 2. The highest BCUT2D eigenvalue weighted by atomic mass is 32.2. The van der Waals surface area contributed by atoms with Gasteiger partial charge >= 0.3 is 0 Å². The summed E-state index contributed by atoms with van der Waals surface area (Å²) in [4.78, 5) is 5.53. The van der Waals surface area contributed by atoms with Gasteiger partial charge in [0, 0.05) is 4.88 Å². The van der Waals surface area contributed by atoms with Gasteiger partial charge in [-0.1, -0.05) is 24.3 Å². The van der Waals surface area contributed by atoms with Gasteiger partial charge in [0.25, 0.3) is 0 Å². The summed E-state index contributed by atoms with van der Waals surface area (Å²) in [5.41, 5.74) is 2.48. The van der Waals surface area contributed by atoms with Crippen LogP contribution in [0.3, 0.4) is 0 Å². The largest absolute Gasteiger partial charge is 0.392 e. The Kier molecular flexibility index (Phi) is 3.97. The Bertz CT molecular complexity index is 715. The molecule has 0 atom stereocenters. The second kappa shape index (κ2) is 5.75. The van der Waals surface area contributed by atoms with Crippen LogP contribution in [0.15, 0.2) is 24.3 Å².